The number of fused-ring (bicyclic) bond motifs is 1. The van der Waals surface area contributed by atoms with Crippen LogP contribution in [0.25, 0.3) is 0 Å². The van der Waals surface area contributed by atoms with Gasteiger partial charge in [0, 0.05) is 44.2 Å². The molecule has 5 rings (SSSR count). The van der Waals surface area contributed by atoms with Crippen molar-refractivity contribution in [3.8, 4) is 0 Å². The second-order valence-electron chi connectivity index (χ2n) is 9.33. The van der Waals surface area contributed by atoms with E-state index in [-0.39, 0.29) is 24.1 Å². The summed E-state index contributed by atoms with van der Waals surface area (Å²) in [7, 11) is 0. The first-order valence-electron chi connectivity index (χ1n) is 11.8. The monoisotopic (exact) mass is 446 g/mol. The lowest BCUT2D eigenvalue weighted by molar-refractivity contribution is -0.136. The highest BCUT2D eigenvalue weighted by atomic mass is 16.2. The third kappa shape index (κ3) is 4.84. The Morgan fingerprint density at radius 1 is 1.00 bits per heavy atom. The summed E-state index contributed by atoms with van der Waals surface area (Å²) >= 11 is 0. The van der Waals surface area contributed by atoms with Gasteiger partial charge in [0.15, 0.2) is 0 Å². The summed E-state index contributed by atoms with van der Waals surface area (Å²) in [5.74, 6) is -0.756. The molecule has 0 saturated carbocycles. The van der Waals surface area contributed by atoms with Crippen molar-refractivity contribution in [1.82, 2.24) is 20.4 Å². The van der Waals surface area contributed by atoms with Crippen molar-refractivity contribution in [3.05, 3.63) is 70.8 Å². The van der Waals surface area contributed by atoms with Crippen LogP contribution in [0.15, 0.2) is 48.5 Å². The third-order valence-corrected chi connectivity index (χ3v) is 6.94. The lowest BCUT2D eigenvalue weighted by Crippen LogP contribution is -2.52. The molecule has 2 fully saturated rings. The Hall–Kier alpha value is -3.03. The normalized spacial score (nSPS) is 23.5. The molecule has 33 heavy (non-hydrogen) atoms. The highest BCUT2D eigenvalue weighted by Crippen LogP contribution is 2.28. The maximum atomic E-state index is 12.9. The Labute approximate surface area is 194 Å². The van der Waals surface area contributed by atoms with Gasteiger partial charge in [0.2, 0.25) is 11.8 Å². The van der Waals surface area contributed by atoms with Gasteiger partial charge in [-0.3, -0.25) is 24.6 Å². The summed E-state index contributed by atoms with van der Waals surface area (Å²) in [6, 6.07) is 16.4. The van der Waals surface area contributed by atoms with Gasteiger partial charge in [-0.15, -0.1) is 0 Å². The van der Waals surface area contributed by atoms with Crippen LogP contribution in [0.4, 0.5) is 0 Å². The molecule has 0 aliphatic carbocycles. The molecule has 7 nitrogen and oxygen atoms in total. The van der Waals surface area contributed by atoms with Crippen LogP contribution in [0.1, 0.15) is 52.7 Å². The number of nitrogens with zero attached hydrogens (tertiary/aromatic N) is 2. The minimum atomic E-state index is -0.568. The molecule has 7 heteroatoms. The van der Waals surface area contributed by atoms with Crippen molar-refractivity contribution in [2.24, 2.45) is 0 Å². The average molecular weight is 447 g/mol. The molecular weight excluding hydrogens is 416 g/mol. The highest BCUT2D eigenvalue weighted by Gasteiger charge is 2.39. The molecule has 3 aliphatic heterocycles. The molecule has 0 aromatic heterocycles. The van der Waals surface area contributed by atoms with E-state index in [1.54, 1.807) is 4.90 Å². The molecule has 3 amide bonds. The minimum Gasteiger partial charge on any atom is -0.322 e. The Morgan fingerprint density at radius 2 is 1.85 bits per heavy atom. The fraction of sp³-hybridized carbons (Fsp3) is 0.423. The van der Waals surface area contributed by atoms with Crippen molar-refractivity contribution >= 4 is 17.7 Å². The summed E-state index contributed by atoms with van der Waals surface area (Å²) in [4.78, 5) is 40.7. The van der Waals surface area contributed by atoms with E-state index in [1.165, 1.54) is 12.0 Å². The number of likely N-dealkylation sites (tertiary alicyclic amines) is 1. The molecule has 0 spiro atoms. The van der Waals surface area contributed by atoms with E-state index in [4.69, 9.17) is 0 Å². The van der Waals surface area contributed by atoms with Gasteiger partial charge in [-0.25, -0.2) is 0 Å². The first-order chi connectivity index (χ1) is 16.1. The Balaban J connectivity index is 1.18. The van der Waals surface area contributed by atoms with Crippen LogP contribution in [0, 0.1) is 0 Å². The topological polar surface area (TPSA) is 81.8 Å². The van der Waals surface area contributed by atoms with Gasteiger partial charge in [-0.05, 0) is 48.6 Å². The van der Waals surface area contributed by atoms with E-state index in [0.29, 0.717) is 24.6 Å². The van der Waals surface area contributed by atoms with Crippen molar-refractivity contribution in [2.75, 3.05) is 13.1 Å². The number of nitrogens with one attached hydrogen (secondary N) is 2. The molecule has 2 N–H and O–H groups in total. The summed E-state index contributed by atoms with van der Waals surface area (Å²) in [6.07, 6.45) is 3.01. The number of rotatable bonds is 6. The van der Waals surface area contributed by atoms with Crippen LogP contribution in [-0.4, -0.2) is 52.7 Å². The number of carbonyl (C=O) groups excluding carboxylic acids is 3. The lowest BCUT2D eigenvalue weighted by Gasteiger charge is -2.33. The van der Waals surface area contributed by atoms with Gasteiger partial charge in [-0.1, -0.05) is 42.5 Å². The maximum Gasteiger partial charge on any atom is 0.255 e. The highest BCUT2D eigenvalue weighted by molar-refractivity contribution is 6.05. The zero-order valence-electron chi connectivity index (χ0n) is 18.8. The van der Waals surface area contributed by atoms with E-state index in [2.05, 4.69) is 51.9 Å². The van der Waals surface area contributed by atoms with Gasteiger partial charge >= 0.3 is 0 Å². The van der Waals surface area contributed by atoms with Gasteiger partial charge in [0.25, 0.3) is 5.91 Å². The van der Waals surface area contributed by atoms with Crippen LogP contribution in [0.3, 0.4) is 0 Å². The zero-order chi connectivity index (χ0) is 22.8. The predicted octanol–water partition coefficient (Wildman–Crippen LogP) is 2.20. The number of amides is 3. The van der Waals surface area contributed by atoms with Crippen molar-refractivity contribution in [3.63, 3.8) is 0 Å². The van der Waals surface area contributed by atoms with E-state index in [1.807, 2.05) is 12.1 Å². The molecule has 3 heterocycles. The Kier molecular flexibility index (Phi) is 6.24. The van der Waals surface area contributed by atoms with Crippen molar-refractivity contribution < 1.29 is 14.4 Å². The Bertz CT molecular complexity index is 1050. The fourth-order valence-corrected chi connectivity index (χ4v) is 5.21. The molecule has 0 radical (unpaired) electrons. The number of imide groups is 1. The third-order valence-electron chi connectivity index (χ3n) is 6.94. The predicted molar refractivity (Wildman–Crippen MR) is 124 cm³/mol. The quantitative estimate of drug-likeness (QED) is 0.665. The Morgan fingerprint density at radius 3 is 2.67 bits per heavy atom. The number of benzene rings is 2. The number of hydrogen-bond acceptors (Lipinski definition) is 5. The first kappa shape index (κ1) is 21.8. The van der Waals surface area contributed by atoms with Gasteiger partial charge in [-0.2, -0.15) is 0 Å². The molecule has 2 aromatic rings. The van der Waals surface area contributed by atoms with E-state index < -0.39 is 6.04 Å². The average Bonchev–Trinajstić information content (AvgIpc) is 3.14. The second-order valence-corrected chi connectivity index (χ2v) is 9.33. The van der Waals surface area contributed by atoms with Crippen LogP contribution in [0.2, 0.25) is 0 Å². The number of hydrogen-bond donors (Lipinski definition) is 2. The number of piperidine rings is 2. The van der Waals surface area contributed by atoms with Crippen LogP contribution < -0.4 is 10.6 Å². The summed E-state index contributed by atoms with van der Waals surface area (Å²) < 4.78 is 0. The number of carbonyl (C=O) groups is 3. The molecule has 1 unspecified atom stereocenters. The molecule has 2 aromatic carbocycles. The van der Waals surface area contributed by atoms with Crippen LogP contribution in [-0.2, 0) is 29.2 Å². The van der Waals surface area contributed by atoms with E-state index in [9.17, 15) is 14.4 Å². The molecule has 0 bridgehead atoms. The van der Waals surface area contributed by atoms with Gasteiger partial charge in [0.05, 0.1) is 0 Å². The summed E-state index contributed by atoms with van der Waals surface area (Å²) in [6.45, 7) is 4.31. The minimum absolute atomic E-state index is 0.122. The maximum absolute atomic E-state index is 12.9. The van der Waals surface area contributed by atoms with E-state index >= 15 is 0 Å². The molecular formula is C26H30N4O3. The van der Waals surface area contributed by atoms with Crippen LogP contribution >= 0.6 is 0 Å². The smallest absolute Gasteiger partial charge is 0.255 e. The first-order valence-corrected chi connectivity index (χ1v) is 11.8. The summed E-state index contributed by atoms with van der Waals surface area (Å²) in [5.41, 5.74) is 4.11. The standard InChI is InChI=1S/C26H30N4O3/c31-24-11-10-23(25(32)28-24)30-16-20-13-19(8-9-22(20)26(30)33)14-27-21-7-4-12-29(17-21)15-18-5-2-1-3-6-18/h1-3,5-6,8-9,13,21,23,27H,4,7,10-12,14-17H2,(H,28,31,32)/t21-,23?/m0/s1. The van der Waals surface area contributed by atoms with Crippen molar-refractivity contribution in [2.45, 2.75) is 57.4 Å². The lowest BCUT2D eigenvalue weighted by atomic mass is 10.0. The second kappa shape index (κ2) is 9.45. The largest absolute Gasteiger partial charge is 0.322 e. The summed E-state index contributed by atoms with van der Waals surface area (Å²) in [5, 5.41) is 6.06. The fourth-order valence-electron chi connectivity index (χ4n) is 5.21. The molecule has 2 saturated heterocycles. The SMILES string of the molecule is O=C1CCC(N2Cc3cc(CN[C@H]4CCCN(Cc5ccccc5)C4)ccc3C2=O)C(=O)N1. The van der Waals surface area contributed by atoms with E-state index in [0.717, 1.165) is 43.7 Å². The van der Waals surface area contributed by atoms with Gasteiger partial charge in [0.1, 0.15) is 6.04 Å². The van der Waals surface area contributed by atoms with Crippen molar-refractivity contribution in [1.29, 1.82) is 0 Å². The van der Waals surface area contributed by atoms with Crippen LogP contribution in [0.5, 0.6) is 0 Å². The molecule has 172 valence electrons. The molecule has 2 atom stereocenters. The molecule has 3 aliphatic rings. The zero-order valence-corrected chi connectivity index (χ0v) is 18.8. The van der Waals surface area contributed by atoms with Gasteiger partial charge < -0.3 is 10.2 Å².